The summed E-state index contributed by atoms with van der Waals surface area (Å²) in [7, 11) is 0. The molecule has 0 unspecified atom stereocenters. The van der Waals surface area contributed by atoms with Gasteiger partial charge in [0.05, 0.1) is 13.0 Å². The second-order valence-corrected chi connectivity index (χ2v) is 2.94. The first-order chi connectivity index (χ1) is 6.59. The fourth-order valence-corrected chi connectivity index (χ4v) is 0.974. The van der Waals surface area contributed by atoms with E-state index in [4.69, 9.17) is 9.84 Å². The Labute approximate surface area is 81.8 Å². The summed E-state index contributed by atoms with van der Waals surface area (Å²) in [5, 5.41) is 17.6. The molecule has 0 bridgehead atoms. The number of hydrogen-bond donors (Lipinski definition) is 2. The summed E-state index contributed by atoms with van der Waals surface area (Å²) >= 11 is 0. The standard InChI is InChI=1S/C10H12O4/c1-7-6-8(2-3-9(7)11)14-5-4-10(12)13/h2-3,6,11H,4-5H2,1H3,(H,12,13). The Hall–Kier alpha value is -1.71. The number of phenolic OH excluding ortho intramolecular Hbond substituents is 1. The molecule has 0 spiro atoms. The third-order valence-corrected chi connectivity index (χ3v) is 1.75. The molecule has 0 heterocycles. The van der Waals surface area contributed by atoms with Gasteiger partial charge < -0.3 is 14.9 Å². The molecule has 0 aliphatic rings. The van der Waals surface area contributed by atoms with Crippen LogP contribution < -0.4 is 4.74 Å². The first kappa shape index (κ1) is 10.4. The second kappa shape index (κ2) is 4.50. The van der Waals surface area contributed by atoms with E-state index in [-0.39, 0.29) is 18.8 Å². The van der Waals surface area contributed by atoms with E-state index in [1.807, 2.05) is 0 Å². The number of carboxylic acids is 1. The predicted octanol–water partition coefficient (Wildman–Crippen LogP) is 1.55. The van der Waals surface area contributed by atoms with Crippen LogP contribution in [0.2, 0.25) is 0 Å². The highest BCUT2D eigenvalue weighted by molar-refractivity contribution is 5.66. The quantitative estimate of drug-likeness (QED) is 0.766. The molecule has 0 fully saturated rings. The van der Waals surface area contributed by atoms with Crippen LogP contribution in [0.15, 0.2) is 18.2 Å². The van der Waals surface area contributed by atoms with Crippen LogP contribution in [-0.4, -0.2) is 22.8 Å². The summed E-state index contributed by atoms with van der Waals surface area (Å²) in [6.07, 6.45) is -0.0279. The van der Waals surface area contributed by atoms with Gasteiger partial charge >= 0.3 is 5.97 Å². The summed E-state index contributed by atoms with van der Waals surface area (Å²) in [6.45, 7) is 1.89. The van der Waals surface area contributed by atoms with Gasteiger partial charge in [-0.3, -0.25) is 4.79 Å². The molecule has 4 heteroatoms. The third kappa shape index (κ3) is 2.97. The molecule has 0 aromatic heterocycles. The number of carboxylic acid groups (broad SMARTS) is 1. The number of hydrogen-bond acceptors (Lipinski definition) is 3. The van der Waals surface area contributed by atoms with Gasteiger partial charge in [-0.2, -0.15) is 0 Å². The van der Waals surface area contributed by atoms with E-state index in [0.717, 1.165) is 0 Å². The molecule has 0 amide bonds. The van der Waals surface area contributed by atoms with E-state index >= 15 is 0 Å². The second-order valence-electron chi connectivity index (χ2n) is 2.94. The first-order valence-corrected chi connectivity index (χ1v) is 4.24. The molecule has 1 aromatic carbocycles. The highest BCUT2D eigenvalue weighted by atomic mass is 16.5. The Kier molecular flexibility index (Phi) is 3.34. The SMILES string of the molecule is Cc1cc(OCCC(=O)O)ccc1O. The van der Waals surface area contributed by atoms with Crippen LogP contribution in [0.25, 0.3) is 0 Å². The maximum atomic E-state index is 10.2. The molecule has 0 saturated heterocycles. The Morgan fingerprint density at radius 1 is 1.50 bits per heavy atom. The molecule has 0 saturated carbocycles. The van der Waals surface area contributed by atoms with Crippen molar-refractivity contribution in [1.29, 1.82) is 0 Å². The molecule has 1 rings (SSSR count). The minimum Gasteiger partial charge on any atom is -0.508 e. The largest absolute Gasteiger partial charge is 0.508 e. The Balaban J connectivity index is 2.51. The number of phenols is 1. The number of ether oxygens (including phenoxy) is 1. The van der Waals surface area contributed by atoms with Gasteiger partial charge in [-0.15, -0.1) is 0 Å². The summed E-state index contributed by atoms with van der Waals surface area (Å²) in [5.74, 6) is -0.113. The van der Waals surface area contributed by atoms with Crippen molar-refractivity contribution in [3.05, 3.63) is 23.8 Å². The van der Waals surface area contributed by atoms with Crippen molar-refractivity contribution in [3.8, 4) is 11.5 Å². The highest BCUT2D eigenvalue weighted by Crippen LogP contribution is 2.21. The predicted molar refractivity (Wildman–Crippen MR) is 50.6 cm³/mol. The minimum atomic E-state index is -0.888. The zero-order valence-electron chi connectivity index (χ0n) is 7.86. The van der Waals surface area contributed by atoms with Crippen LogP contribution >= 0.6 is 0 Å². The van der Waals surface area contributed by atoms with Crippen LogP contribution in [0, 0.1) is 6.92 Å². The van der Waals surface area contributed by atoms with Gasteiger partial charge in [0.25, 0.3) is 0 Å². The maximum Gasteiger partial charge on any atom is 0.306 e. The molecule has 0 aliphatic carbocycles. The van der Waals surface area contributed by atoms with Gasteiger partial charge in [0.2, 0.25) is 0 Å². The number of rotatable bonds is 4. The van der Waals surface area contributed by atoms with Crippen molar-refractivity contribution in [3.63, 3.8) is 0 Å². The van der Waals surface area contributed by atoms with Crippen LogP contribution in [0.1, 0.15) is 12.0 Å². The lowest BCUT2D eigenvalue weighted by Gasteiger charge is -2.05. The first-order valence-electron chi connectivity index (χ1n) is 4.24. The summed E-state index contributed by atoms with van der Waals surface area (Å²) in [4.78, 5) is 10.2. The molecular formula is C10H12O4. The lowest BCUT2D eigenvalue weighted by molar-refractivity contribution is -0.137. The van der Waals surface area contributed by atoms with Crippen molar-refractivity contribution in [2.75, 3.05) is 6.61 Å². The molecular weight excluding hydrogens is 184 g/mol. The smallest absolute Gasteiger partial charge is 0.306 e. The number of aliphatic carboxylic acids is 1. The van der Waals surface area contributed by atoms with Gasteiger partial charge in [-0.1, -0.05) is 0 Å². The van der Waals surface area contributed by atoms with Crippen molar-refractivity contribution < 1.29 is 19.7 Å². The summed E-state index contributed by atoms with van der Waals surface area (Å²) in [5.41, 5.74) is 0.706. The van der Waals surface area contributed by atoms with Crippen molar-refractivity contribution in [1.82, 2.24) is 0 Å². The van der Waals surface area contributed by atoms with Crippen molar-refractivity contribution >= 4 is 5.97 Å². The van der Waals surface area contributed by atoms with E-state index in [1.54, 1.807) is 19.1 Å². The third-order valence-electron chi connectivity index (χ3n) is 1.75. The summed E-state index contributed by atoms with van der Waals surface area (Å²) in [6, 6.07) is 4.78. The Bertz CT molecular complexity index is 333. The van der Waals surface area contributed by atoms with Gasteiger partial charge in [0.15, 0.2) is 0 Å². The average molecular weight is 196 g/mol. The zero-order chi connectivity index (χ0) is 10.6. The lowest BCUT2D eigenvalue weighted by Crippen LogP contribution is -2.04. The molecule has 76 valence electrons. The number of aryl methyl sites for hydroxylation is 1. The van der Waals surface area contributed by atoms with Crippen LogP contribution in [-0.2, 0) is 4.79 Å². The van der Waals surface area contributed by atoms with E-state index in [1.165, 1.54) is 6.07 Å². The minimum absolute atomic E-state index is 0.0279. The normalized spacial score (nSPS) is 9.79. The van der Waals surface area contributed by atoms with Gasteiger partial charge in [-0.05, 0) is 30.7 Å². The molecule has 14 heavy (non-hydrogen) atoms. The Morgan fingerprint density at radius 2 is 2.21 bits per heavy atom. The van der Waals surface area contributed by atoms with Gasteiger partial charge in [0.1, 0.15) is 11.5 Å². The van der Waals surface area contributed by atoms with Crippen molar-refractivity contribution in [2.24, 2.45) is 0 Å². The molecule has 0 atom stereocenters. The number of aromatic hydroxyl groups is 1. The zero-order valence-corrected chi connectivity index (χ0v) is 7.86. The fraction of sp³-hybridized carbons (Fsp3) is 0.300. The average Bonchev–Trinajstić information content (AvgIpc) is 2.10. The molecule has 0 radical (unpaired) electrons. The number of benzene rings is 1. The lowest BCUT2D eigenvalue weighted by atomic mass is 10.2. The van der Waals surface area contributed by atoms with Crippen LogP contribution in [0.3, 0.4) is 0 Å². The van der Waals surface area contributed by atoms with Crippen LogP contribution in [0.5, 0.6) is 11.5 Å². The molecule has 1 aromatic rings. The topological polar surface area (TPSA) is 66.8 Å². The van der Waals surface area contributed by atoms with Gasteiger partial charge in [-0.25, -0.2) is 0 Å². The number of carbonyl (C=O) groups is 1. The molecule has 0 aliphatic heterocycles. The molecule has 2 N–H and O–H groups in total. The Morgan fingerprint density at radius 3 is 2.79 bits per heavy atom. The van der Waals surface area contributed by atoms with E-state index in [2.05, 4.69) is 0 Å². The van der Waals surface area contributed by atoms with Crippen molar-refractivity contribution in [2.45, 2.75) is 13.3 Å². The highest BCUT2D eigenvalue weighted by Gasteiger charge is 2.00. The molecule has 4 nitrogen and oxygen atoms in total. The monoisotopic (exact) mass is 196 g/mol. The maximum absolute atomic E-state index is 10.2. The van der Waals surface area contributed by atoms with E-state index in [0.29, 0.717) is 11.3 Å². The summed E-state index contributed by atoms with van der Waals surface area (Å²) < 4.78 is 5.16. The van der Waals surface area contributed by atoms with Gasteiger partial charge in [0, 0.05) is 0 Å². The fourth-order valence-electron chi connectivity index (χ4n) is 0.974. The van der Waals surface area contributed by atoms with E-state index < -0.39 is 5.97 Å². The van der Waals surface area contributed by atoms with Crippen LogP contribution in [0.4, 0.5) is 0 Å². The van der Waals surface area contributed by atoms with E-state index in [9.17, 15) is 9.90 Å².